The highest BCUT2D eigenvalue weighted by Gasteiger charge is 2.30. The first-order chi connectivity index (χ1) is 6.70. The largest absolute Gasteiger partial charge is 0.377 e. The van der Waals surface area contributed by atoms with Crippen LogP contribution in [0.4, 0.5) is 0 Å². The van der Waals surface area contributed by atoms with Crippen molar-refractivity contribution in [2.45, 2.75) is 38.8 Å². The van der Waals surface area contributed by atoms with Gasteiger partial charge in [0.1, 0.15) is 0 Å². The fourth-order valence-corrected chi connectivity index (χ4v) is 1.90. The van der Waals surface area contributed by atoms with Gasteiger partial charge in [-0.25, -0.2) is 0 Å². The molecule has 0 aromatic carbocycles. The Kier molecular flexibility index (Phi) is 4.14. The van der Waals surface area contributed by atoms with Crippen LogP contribution in [0.2, 0.25) is 0 Å². The van der Waals surface area contributed by atoms with Crippen LogP contribution in [-0.4, -0.2) is 36.1 Å². The quantitative estimate of drug-likeness (QED) is 0.643. The normalized spacial score (nSPS) is 27.4. The van der Waals surface area contributed by atoms with Gasteiger partial charge in [-0.1, -0.05) is 13.0 Å². The van der Waals surface area contributed by atoms with Crippen molar-refractivity contribution in [3.63, 3.8) is 0 Å². The van der Waals surface area contributed by atoms with E-state index in [0.717, 1.165) is 6.42 Å². The number of carbonyl (C=O) groups is 1. The summed E-state index contributed by atoms with van der Waals surface area (Å²) in [6.07, 6.45) is 3.23. The van der Waals surface area contributed by atoms with Crippen LogP contribution in [-0.2, 0) is 9.53 Å². The monoisotopic (exact) mass is 197 g/mol. The molecule has 3 heteroatoms. The third-order valence-electron chi connectivity index (χ3n) is 2.57. The van der Waals surface area contributed by atoms with Crippen molar-refractivity contribution in [1.82, 2.24) is 4.90 Å². The molecule has 0 spiro atoms. The van der Waals surface area contributed by atoms with Crippen molar-refractivity contribution in [1.29, 1.82) is 0 Å². The summed E-state index contributed by atoms with van der Waals surface area (Å²) < 4.78 is 5.43. The molecule has 1 aliphatic heterocycles. The molecule has 0 saturated carbocycles. The summed E-state index contributed by atoms with van der Waals surface area (Å²) in [4.78, 5) is 13.6. The number of hydrogen-bond donors (Lipinski definition) is 0. The minimum absolute atomic E-state index is 0.184. The highest BCUT2D eigenvalue weighted by molar-refractivity contribution is 5.76. The second-order valence-electron chi connectivity index (χ2n) is 3.72. The number of carbonyl (C=O) groups excluding carboxylic acids is 1. The molecule has 1 aliphatic rings. The Hall–Kier alpha value is -0.830. The van der Waals surface area contributed by atoms with Crippen LogP contribution in [0, 0.1) is 0 Å². The summed E-state index contributed by atoms with van der Waals surface area (Å²) in [5, 5.41) is 0. The zero-order valence-electron chi connectivity index (χ0n) is 9.03. The fraction of sp³-hybridized carbons (Fsp3) is 0.727. The molecular weight excluding hydrogens is 178 g/mol. The van der Waals surface area contributed by atoms with Gasteiger partial charge in [0, 0.05) is 6.42 Å². The van der Waals surface area contributed by atoms with Gasteiger partial charge in [-0.15, -0.1) is 6.58 Å². The summed E-state index contributed by atoms with van der Waals surface area (Å²) in [6.45, 7) is 8.93. The third-order valence-corrected chi connectivity index (χ3v) is 2.57. The average Bonchev–Trinajstić information content (AvgIpc) is 2.18. The molecule has 0 aliphatic carbocycles. The first kappa shape index (κ1) is 11.2. The highest BCUT2D eigenvalue weighted by atomic mass is 16.5. The summed E-state index contributed by atoms with van der Waals surface area (Å²) >= 11 is 0. The Morgan fingerprint density at radius 2 is 2.36 bits per heavy atom. The van der Waals surface area contributed by atoms with E-state index in [9.17, 15) is 4.79 Å². The minimum atomic E-state index is 0.184. The van der Waals surface area contributed by atoms with Gasteiger partial charge in [0.05, 0.1) is 25.3 Å². The van der Waals surface area contributed by atoms with Gasteiger partial charge in [0.15, 0.2) is 0 Å². The van der Waals surface area contributed by atoms with Crippen LogP contribution in [0.25, 0.3) is 0 Å². The van der Waals surface area contributed by atoms with E-state index in [-0.39, 0.29) is 18.0 Å². The lowest BCUT2D eigenvalue weighted by atomic mass is 10.1. The summed E-state index contributed by atoms with van der Waals surface area (Å²) in [5.41, 5.74) is 0. The molecule has 14 heavy (non-hydrogen) atoms. The topological polar surface area (TPSA) is 29.5 Å². The lowest BCUT2D eigenvalue weighted by molar-refractivity contribution is -0.144. The first-order valence-electron chi connectivity index (χ1n) is 5.20. The Labute approximate surface area is 85.7 Å². The van der Waals surface area contributed by atoms with Crippen LogP contribution in [0.3, 0.4) is 0 Å². The molecular formula is C11H19NO2. The molecule has 0 N–H and O–H groups in total. The van der Waals surface area contributed by atoms with Crippen LogP contribution in [0.5, 0.6) is 0 Å². The van der Waals surface area contributed by atoms with Crippen molar-refractivity contribution in [3.8, 4) is 0 Å². The van der Waals surface area contributed by atoms with E-state index >= 15 is 0 Å². The van der Waals surface area contributed by atoms with Gasteiger partial charge in [-0.05, 0) is 13.3 Å². The Morgan fingerprint density at radius 3 is 2.93 bits per heavy atom. The van der Waals surface area contributed by atoms with Crippen LogP contribution in [0.15, 0.2) is 12.7 Å². The zero-order valence-corrected chi connectivity index (χ0v) is 9.03. The van der Waals surface area contributed by atoms with Crippen LogP contribution < -0.4 is 0 Å². The van der Waals surface area contributed by atoms with Crippen LogP contribution in [0.1, 0.15) is 26.7 Å². The van der Waals surface area contributed by atoms with Gasteiger partial charge in [-0.2, -0.15) is 0 Å². The molecule has 0 aromatic rings. The van der Waals surface area contributed by atoms with Gasteiger partial charge in [0.25, 0.3) is 0 Å². The van der Waals surface area contributed by atoms with E-state index in [2.05, 4.69) is 6.58 Å². The molecule has 1 amide bonds. The fourth-order valence-electron chi connectivity index (χ4n) is 1.90. The molecule has 1 heterocycles. The van der Waals surface area contributed by atoms with Gasteiger partial charge < -0.3 is 9.64 Å². The molecule has 80 valence electrons. The molecule has 0 bridgehead atoms. The highest BCUT2D eigenvalue weighted by Crippen LogP contribution is 2.17. The SMILES string of the molecule is C=CCC1COCC(C)N1C(=O)CC. The molecule has 0 aromatic heterocycles. The van der Waals surface area contributed by atoms with Gasteiger partial charge >= 0.3 is 0 Å². The molecule has 1 fully saturated rings. The number of morpholine rings is 1. The van der Waals surface area contributed by atoms with Gasteiger partial charge in [-0.3, -0.25) is 4.79 Å². The van der Waals surface area contributed by atoms with E-state index in [0.29, 0.717) is 19.6 Å². The Bertz CT molecular complexity index is 215. The molecule has 0 radical (unpaired) electrons. The number of nitrogens with zero attached hydrogens (tertiary/aromatic N) is 1. The number of ether oxygens (including phenoxy) is 1. The summed E-state index contributed by atoms with van der Waals surface area (Å²) in [7, 11) is 0. The van der Waals surface area contributed by atoms with E-state index in [4.69, 9.17) is 4.74 Å². The Morgan fingerprint density at radius 1 is 1.64 bits per heavy atom. The third kappa shape index (κ3) is 2.35. The lowest BCUT2D eigenvalue weighted by Crippen LogP contribution is -2.53. The maximum absolute atomic E-state index is 11.7. The lowest BCUT2D eigenvalue weighted by Gasteiger charge is -2.40. The van der Waals surface area contributed by atoms with E-state index in [1.807, 2.05) is 24.8 Å². The standard InChI is InChI=1S/C11H19NO2/c1-4-6-10-8-14-7-9(3)12(10)11(13)5-2/h4,9-10H,1,5-8H2,2-3H3. The molecule has 3 nitrogen and oxygen atoms in total. The first-order valence-corrected chi connectivity index (χ1v) is 5.20. The maximum Gasteiger partial charge on any atom is 0.222 e. The van der Waals surface area contributed by atoms with Crippen molar-refractivity contribution >= 4 is 5.91 Å². The van der Waals surface area contributed by atoms with Crippen molar-refractivity contribution < 1.29 is 9.53 Å². The van der Waals surface area contributed by atoms with Crippen molar-refractivity contribution in [2.75, 3.05) is 13.2 Å². The zero-order chi connectivity index (χ0) is 10.6. The predicted octanol–water partition coefficient (Wildman–Crippen LogP) is 1.59. The van der Waals surface area contributed by atoms with E-state index in [1.54, 1.807) is 0 Å². The summed E-state index contributed by atoms with van der Waals surface area (Å²) in [5.74, 6) is 0.215. The average molecular weight is 197 g/mol. The summed E-state index contributed by atoms with van der Waals surface area (Å²) in [6, 6.07) is 0.379. The van der Waals surface area contributed by atoms with E-state index < -0.39 is 0 Å². The number of hydrogen-bond acceptors (Lipinski definition) is 2. The second kappa shape index (κ2) is 5.15. The molecule has 2 atom stereocenters. The molecule has 2 unspecified atom stereocenters. The van der Waals surface area contributed by atoms with Crippen molar-refractivity contribution in [3.05, 3.63) is 12.7 Å². The van der Waals surface area contributed by atoms with Gasteiger partial charge in [0.2, 0.25) is 5.91 Å². The maximum atomic E-state index is 11.7. The molecule has 1 rings (SSSR count). The van der Waals surface area contributed by atoms with E-state index in [1.165, 1.54) is 0 Å². The smallest absolute Gasteiger partial charge is 0.222 e. The minimum Gasteiger partial charge on any atom is -0.377 e. The number of rotatable bonds is 3. The second-order valence-corrected chi connectivity index (χ2v) is 3.72. The number of amides is 1. The predicted molar refractivity (Wildman–Crippen MR) is 56.0 cm³/mol. The Balaban J connectivity index is 2.69. The van der Waals surface area contributed by atoms with Crippen LogP contribution >= 0.6 is 0 Å². The van der Waals surface area contributed by atoms with Crippen molar-refractivity contribution in [2.24, 2.45) is 0 Å². The molecule has 1 saturated heterocycles.